The second-order valence-electron chi connectivity index (χ2n) is 7.35. The van der Waals surface area contributed by atoms with Gasteiger partial charge < -0.3 is 4.84 Å². The monoisotopic (exact) mass is 325 g/mol. The first-order valence-electron chi connectivity index (χ1n) is 8.38. The van der Waals surface area contributed by atoms with Crippen LogP contribution < -0.4 is 0 Å². The summed E-state index contributed by atoms with van der Waals surface area (Å²) < 4.78 is 0. The van der Waals surface area contributed by atoms with Crippen molar-refractivity contribution in [3.63, 3.8) is 0 Å². The molecule has 126 valence electrons. The quantitative estimate of drug-likeness (QED) is 0.801. The van der Waals surface area contributed by atoms with Crippen molar-refractivity contribution in [1.29, 1.82) is 0 Å². The van der Waals surface area contributed by atoms with Gasteiger partial charge in [-0.3, -0.25) is 4.79 Å². The molecule has 0 aromatic heterocycles. The van der Waals surface area contributed by atoms with E-state index in [2.05, 4.69) is 0 Å². The van der Waals surface area contributed by atoms with E-state index in [1.165, 1.54) is 0 Å². The van der Waals surface area contributed by atoms with E-state index in [0.29, 0.717) is 18.5 Å². The molecular weight excluding hydrogens is 302 g/mol. The van der Waals surface area contributed by atoms with Crippen molar-refractivity contribution < 1.29 is 14.4 Å². The van der Waals surface area contributed by atoms with E-state index in [1.54, 1.807) is 5.06 Å². The van der Waals surface area contributed by atoms with Gasteiger partial charge in [-0.15, -0.1) is 5.06 Å². The van der Waals surface area contributed by atoms with Gasteiger partial charge in [0.15, 0.2) is 5.78 Å². The second-order valence-corrected chi connectivity index (χ2v) is 7.35. The maximum Gasteiger partial charge on any atom is 0.330 e. The molecular formula is C20H23NO3. The van der Waals surface area contributed by atoms with Crippen LogP contribution in [0.5, 0.6) is 0 Å². The largest absolute Gasteiger partial charge is 0.367 e. The Morgan fingerprint density at radius 1 is 1.08 bits per heavy atom. The summed E-state index contributed by atoms with van der Waals surface area (Å²) in [6, 6.07) is 13.3. The van der Waals surface area contributed by atoms with Crippen molar-refractivity contribution in [1.82, 2.24) is 5.06 Å². The summed E-state index contributed by atoms with van der Waals surface area (Å²) in [4.78, 5) is 30.5. The zero-order chi connectivity index (χ0) is 17.3. The van der Waals surface area contributed by atoms with Gasteiger partial charge in [-0.25, -0.2) is 4.79 Å². The number of benzene rings is 2. The molecule has 0 unspecified atom stereocenters. The number of hydrogen-bond donors (Lipinski definition) is 0. The van der Waals surface area contributed by atoms with E-state index >= 15 is 0 Å². The maximum absolute atomic E-state index is 12.9. The highest BCUT2D eigenvalue weighted by molar-refractivity contribution is 6.03. The Kier molecular flexibility index (Phi) is 4.41. The highest BCUT2D eigenvalue weighted by Crippen LogP contribution is 2.26. The smallest absolute Gasteiger partial charge is 0.330 e. The van der Waals surface area contributed by atoms with Crippen molar-refractivity contribution >= 4 is 22.5 Å². The molecule has 0 saturated carbocycles. The summed E-state index contributed by atoms with van der Waals surface area (Å²) in [7, 11) is 0. The van der Waals surface area contributed by atoms with Gasteiger partial charge in [0.25, 0.3) is 0 Å². The molecule has 0 radical (unpaired) electrons. The van der Waals surface area contributed by atoms with Crippen LogP contribution in [0.2, 0.25) is 0 Å². The lowest BCUT2D eigenvalue weighted by molar-refractivity contribution is -0.200. The lowest BCUT2D eigenvalue weighted by atomic mass is 9.97. The predicted molar refractivity (Wildman–Crippen MR) is 93.6 cm³/mol. The first-order chi connectivity index (χ1) is 11.4. The van der Waals surface area contributed by atoms with Crippen molar-refractivity contribution in [3.05, 3.63) is 48.0 Å². The molecule has 1 aliphatic rings. The lowest BCUT2D eigenvalue weighted by Gasteiger charge is -2.26. The first kappa shape index (κ1) is 16.7. The number of hydrogen-bond acceptors (Lipinski definition) is 4. The van der Waals surface area contributed by atoms with E-state index in [-0.39, 0.29) is 11.8 Å². The number of Topliss-reactive ketones (excluding diaryl/α,β-unsaturated/α-hetero) is 1. The second kappa shape index (κ2) is 6.36. The van der Waals surface area contributed by atoms with Gasteiger partial charge in [0.2, 0.25) is 0 Å². The molecule has 1 aliphatic heterocycles. The third-order valence-corrected chi connectivity index (χ3v) is 4.35. The molecule has 3 rings (SSSR count). The summed E-state index contributed by atoms with van der Waals surface area (Å²) in [5.41, 5.74) is 0.0801. The third kappa shape index (κ3) is 3.34. The van der Waals surface area contributed by atoms with Crippen LogP contribution in [0.25, 0.3) is 10.8 Å². The Morgan fingerprint density at radius 3 is 2.50 bits per heavy atom. The van der Waals surface area contributed by atoms with Gasteiger partial charge in [0.05, 0.1) is 5.41 Å². The minimum Gasteiger partial charge on any atom is -0.367 e. The number of nitrogens with zero attached hydrogens (tertiary/aromatic N) is 1. The van der Waals surface area contributed by atoms with Crippen molar-refractivity contribution in [2.24, 2.45) is 5.41 Å². The van der Waals surface area contributed by atoms with Crippen LogP contribution in [0.15, 0.2) is 42.5 Å². The highest BCUT2D eigenvalue weighted by atomic mass is 16.7. The molecule has 24 heavy (non-hydrogen) atoms. The minimum absolute atomic E-state index is 0.0139. The lowest BCUT2D eigenvalue weighted by Crippen LogP contribution is -2.40. The Balaban J connectivity index is 1.80. The van der Waals surface area contributed by atoms with Gasteiger partial charge in [-0.05, 0) is 50.5 Å². The fourth-order valence-electron chi connectivity index (χ4n) is 2.89. The van der Waals surface area contributed by atoms with Gasteiger partial charge in [-0.1, -0.05) is 36.4 Å². The Labute approximate surface area is 142 Å². The Hall–Kier alpha value is -2.20. The fourth-order valence-corrected chi connectivity index (χ4v) is 2.89. The molecule has 4 nitrogen and oxygen atoms in total. The molecule has 4 heteroatoms. The molecule has 1 heterocycles. The van der Waals surface area contributed by atoms with Gasteiger partial charge in [0.1, 0.15) is 6.04 Å². The zero-order valence-electron chi connectivity index (χ0n) is 14.4. The van der Waals surface area contributed by atoms with Gasteiger partial charge in [-0.2, -0.15) is 0 Å². The SMILES string of the molecule is CC(C)(C)C(=O)ON1CCC[C@H]1C(=O)c1ccc2ccccc2c1. The molecule has 0 aliphatic carbocycles. The van der Waals surface area contributed by atoms with E-state index in [4.69, 9.17) is 4.84 Å². The van der Waals surface area contributed by atoms with Crippen LogP contribution in [0.4, 0.5) is 0 Å². The standard InChI is InChI=1S/C20H23NO3/c1-20(2,3)19(23)24-21-12-6-9-17(21)18(22)16-11-10-14-7-4-5-8-15(14)13-16/h4-5,7-8,10-11,13,17H,6,9,12H2,1-3H3/t17-/m0/s1. The minimum atomic E-state index is -0.584. The molecule has 0 N–H and O–H groups in total. The number of fused-ring (bicyclic) bond motifs is 1. The molecule has 1 atom stereocenters. The number of ketones is 1. The topological polar surface area (TPSA) is 46.6 Å². The average Bonchev–Trinajstić information content (AvgIpc) is 3.01. The third-order valence-electron chi connectivity index (χ3n) is 4.35. The summed E-state index contributed by atoms with van der Waals surface area (Å²) >= 11 is 0. The van der Waals surface area contributed by atoms with Crippen LogP contribution >= 0.6 is 0 Å². The summed E-state index contributed by atoms with van der Waals surface area (Å²) in [6.45, 7) is 6.04. The first-order valence-corrected chi connectivity index (χ1v) is 8.38. The summed E-state index contributed by atoms with van der Waals surface area (Å²) in [6.07, 6.45) is 1.56. The molecule has 0 bridgehead atoms. The van der Waals surface area contributed by atoms with Crippen LogP contribution in [-0.4, -0.2) is 29.4 Å². The Bertz CT molecular complexity index is 776. The normalized spacial score (nSPS) is 18.7. The van der Waals surface area contributed by atoms with Gasteiger partial charge >= 0.3 is 5.97 Å². The van der Waals surface area contributed by atoms with E-state index in [0.717, 1.165) is 17.2 Å². The molecule has 1 fully saturated rings. The van der Waals surface area contributed by atoms with Crippen LogP contribution in [0, 0.1) is 5.41 Å². The molecule has 0 amide bonds. The van der Waals surface area contributed by atoms with E-state index in [1.807, 2.05) is 63.2 Å². The molecule has 2 aromatic carbocycles. The number of rotatable bonds is 3. The fraction of sp³-hybridized carbons (Fsp3) is 0.400. The average molecular weight is 325 g/mol. The Morgan fingerprint density at radius 2 is 1.79 bits per heavy atom. The van der Waals surface area contributed by atoms with E-state index in [9.17, 15) is 9.59 Å². The van der Waals surface area contributed by atoms with E-state index < -0.39 is 11.5 Å². The van der Waals surface area contributed by atoms with Crippen molar-refractivity contribution in [2.75, 3.05) is 6.54 Å². The highest BCUT2D eigenvalue weighted by Gasteiger charge is 2.36. The molecule has 2 aromatic rings. The van der Waals surface area contributed by atoms with Crippen LogP contribution in [-0.2, 0) is 9.63 Å². The molecule has 1 saturated heterocycles. The number of hydroxylamine groups is 2. The van der Waals surface area contributed by atoms with Crippen LogP contribution in [0.1, 0.15) is 44.0 Å². The van der Waals surface area contributed by atoms with Crippen molar-refractivity contribution in [3.8, 4) is 0 Å². The van der Waals surface area contributed by atoms with Crippen molar-refractivity contribution in [2.45, 2.75) is 39.7 Å². The predicted octanol–water partition coefficient (Wildman–Crippen LogP) is 3.99. The van der Waals surface area contributed by atoms with Crippen LogP contribution in [0.3, 0.4) is 0 Å². The summed E-state index contributed by atoms with van der Waals surface area (Å²) in [5.74, 6) is -0.291. The maximum atomic E-state index is 12.9. The molecule has 0 spiro atoms. The summed E-state index contributed by atoms with van der Waals surface area (Å²) in [5, 5.41) is 3.71. The number of carbonyl (C=O) groups excluding carboxylic acids is 2. The van der Waals surface area contributed by atoms with Gasteiger partial charge in [0, 0.05) is 12.1 Å². The number of carbonyl (C=O) groups is 2. The zero-order valence-corrected chi connectivity index (χ0v) is 14.4.